The van der Waals surface area contributed by atoms with Crippen molar-refractivity contribution in [3.8, 4) is 0 Å². The molecule has 15 heavy (non-hydrogen) atoms. The van der Waals surface area contributed by atoms with Gasteiger partial charge in [0.2, 0.25) is 0 Å². The Bertz CT molecular complexity index is 232. The molecular weight excluding hydrogens is 217 g/mol. The maximum absolute atomic E-state index is 11.3. The molecule has 6 heteroatoms. The van der Waals surface area contributed by atoms with E-state index in [1.807, 2.05) is 0 Å². The number of nitrogens with two attached hydrogens (primary N) is 1. The Morgan fingerprint density at radius 1 is 1.27 bits per heavy atom. The standard InChI is InChI=1S/C9H20NO4P/c1-3-5-6-7-8-13-15(10,12)14-9(11)4-2/h3-8H2,1-2H3,(H2,10,12). The van der Waals surface area contributed by atoms with Gasteiger partial charge in [0.1, 0.15) is 0 Å². The van der Waals surface area contributed by atoms with Crippen LogP contribution in [-0.4, -0.2) is 12.6 Å². The zero-order valence-electron chi connectivity index (χ0n) is 9.40. The van der Waals surface area contributed by atoms with Crippen LogP contribution in [0.2, 0.25) is 0 Å². The van der Waals surface area contributed by atoms with Crippen LogP contribution in [0.3, 0.4) is 0 Å². The molecule has 0 spiro atoms. The molecule has 0 aliphatic rings. The fourth-order valence-electron chi connectivity index (χ4n) is 0.953. The molecule has 0 fully saturated rings. The van der Waals surface area contributed by atoms with E-state index in [2.05, 4.69) is 11.4 Å². The van der Waals surface area contributed by atoms with Gasteiger partial charge in [-0.1, -0.05) is 33.1 Å². The van der Waals surface area contributed by atoms with Crippen molar-refractivity contribution in [2.45, 2.75) is 46.0 Å². The van der Waals surface area contributed by atoms with Crippen LogP contribution in [-0.2, 0) is 18.4 Å². The lowest BCUT2D eigenvalue weighted by Gasteiger charge is -2.12. The van der Waals surface area contributed by atoms with Crippen molar-refractivity contribution in [1.29, 1.82) is 0 Å². The van der Waals surface area contributed by atoms with Gasteiger partial charge < -0.3 is 4.52 Å². The number of unbranched alkanes of at least 4 members (excludes halogenated alkanes) is 3. The summed E-state index contributed by atoms with van der Waals surface area (Å²) in [6.07, 6.45) is 4.13. The Hall–Kier alpha value is -0.380. The van der Waals surface area contributed by atoms with Crippen molar-refractivity contribution in [2.24, 2.45) is 5.50 Å². The fourth-order valence-corrected chi connectivity index (χ4v) is 1.80. The van der Waals surface area contributed by atoms with Crippen molar-refractivity contribution in [3.63, 3.8) is 0 Å². The molecule has 90 valence electrons. The highest BCUT2D eigenvalue weighted by molar-refractivity contribution is 7.51. The summed E-state index contributed by atoms with van der Waals surface area (Å²) in [5.74, 6) is -0.602. The number of hydrogen-bond donors (Lipinski definition) is 1. The van der Waals surface area contributed by atoms with Gasteiger partial charge in [0.15, 0.2) is 0 Å². The van der Waals surface area contributed by atoms with Gasteiger partial charge in [-0.2, -0.15) is 0 Å². The Balaban J connectivity index is 3.65. The third-order valence-electron chi connectivity index (χ3n) is 1.79. The molecule has 2 N–H and O–H groups in total. The molecule has 0 heterocycles. The first-order valence-electron chi connectivity index (χ1n) is 5.27. The summed E-state index contributed by atoms with van der Waals surface area (Å²) < 4.78 is 20.6. The average Bonchev–Trinajstić information content (AvgIpc) is 2.16. The zero-order chi connectivity index (χ0) is 11.7. The second kappa shape index (κ2) is 7.85. The van der Waals surface area contributed by atoms with Crippen molar-refractivity contribution in [2.75, 3.05) is 6.61 Å². The molecule has 1 unspecified atom stereocenters. The maximum atomic E-state index is 11.3. The van der Waals surface area contributed by atoms with E-state index in [1.165, 1.54) is 0 Å². The van der Waals surface area contributed by atoms with E-state index in [0.29, 0.717) is 0 Å². The second-order valence-electron chi connectivity index (χ2n) is 3.25. The van der Waals surface area contributed by atoms with E-state index >= 15 is 0 Å². The Labute approximate surface area is 90.9 Å². The minimum atomic E-state index is -3.66. The van der Waals surface area contributed by atoms with Crippen molar-refractivity contribution < 1.29 is 18.4 Å². The predicted octanol–water partition coefficient (Wildman–Crippen LogP) is 2.60. The number of carbonyl (C=O) groups excluding carboxylic acids is 1. The molecule has 0 aromatic rings. The quantitative estimate of drug-likeness (QED) is 0.518. The molecule has 0 aromatic carbocycles. The molecule has 0 saturated heterocycles. The van der Waals surface area contributed by atoms with Gasteiger partial charge in [-0.15, -0.1) is 0 Å². The van der Waals surface area contributed by atoms with Crippen LogP contribution in [0, 0.1) is 0 Å². The minimum absolute atomic E-state index is 0.139. The molecule has 0 amide bonds. The molecule has 0 aliphatic heterocycles. The van der Waals surface area contributed by atoms with Crippen LogP contribution in [0.15, 0.2) is 0 Å². The molecule has 0 aliphatic carbocycles. The molecule has 0 saturated carbocycles. The van der Waals surface area contributed by atoms with Gasteiger partial charge in [-0.05, 0) is 6.42 Å². The van der Waals surface area contributed by atoms with Crippen LogP contribution < -0.4 is 5.50 Å². The van der Waals surface area contributed by atoms with Crippen molar-refractivity contribution >= 4 is 13.7 Å². The van der Waals surface area contributed by atoms with Crippen molar-refractivity contribution in [1.82, 2.24) is 0 Å². The van der Waals surface area contributed by atoms with Gasteiger partial charge in [0, 0.05) is 6.42 Å². The Kier molecular flexibility index (Phi) is 7.65. The third kappa shape index (κ3) is 8.60. The van der Waals surface area contributed by atoms with E-state index in [0.717, 1.165) is 25.7 Å². The smallest absolute Gasteiger partial charge is 0.380 e. The highest BCUT2D eigenvalue weighted by Crippen LogP contribution is 2.39. The highest BCUT2D eigenvalue weighted by Gasteiger charge is 2.21. The van der Waals surface area contributed by atoms with Gasteiger partial charge in [-0.25, -0.2) is 10.1 Å². The number of hydrogen-bond acceptors (Lipinski definition) is 4. The summed E-state index contributed by atoms with van der Waals surface area (Å²) in [6.45, 7) is 3.96. The van der Waals surface area contributed by atoms with Crippen LogP contribution in [0.5, 0.6) is 0 Å². The van der Waals surface area contributed by atoms with Gasteiger partial charge in [0.25, 0.3) is 0 Å². The Morgan fingerprint density at radius 3 is 2.47 bits per heavy atom. The highest BCUT2D eigenvalue weighted by atomic mass is 31.2. The first-order chi connectivity index (χ1) is 7.02. The van der Waals surface area contributed by atoms with E-state index in [1.54, 1.807) is 6.92 Å². The van der Waals surface area contributed by atoms with Crippen LogP contribution in [0.25, 0.3) is 0 Å². The summed E-state index contributed by atoms with van der Waals surface area (Å²) in [6, 6.07) is 0. The van der Waals surface area contributed by atoms with Crippen LogP contribution in [0.4, 0.5) is 0 Å². The predicted molar refractivity (Wildman–Crippen MR) is 58.3 cm³/mol. The minimum Gasteiger partial charge on any atom is -0.380 e. The molecule has 5 nitrogen and oxygen atoms in total. The van der Waals surface area contributed by atoms with Gasteiger partial charge >= 0.3 is 13.7 Å². The lowest BCUT2D eigenvalue weighted by Crippen LogP contribution is -2.09. The van der Waals surface area contributed by atoms with Crippen molar-refractivity contribution in [3.05, 3.63) is 0 Å². The Morgan fingerprint density at radius 2 is 1.93 bits per heavy atom. The first-order valence-corrected chi connectivity index (χ1v) is 6.88. The van der Waals surface area contributed by atoms with E-state index in [4.69, 9.17) is 10.0 Å². The molecule has 0 bridgehead atoms. The summed E-state index contributed by atoms with van der Waals surface area (Å²) in [7, 11) is -3.66. The zero-order valence-corrected chi connectivity index (χ0v) is 10.3. The molecule has 1 atom stereocenters. The second-order valence-corrected chi connectivity index (χ2v) is 4.77. The molecule has 0 aromatic heterocycles. The van der Waals surface area contributed by atoms with E-state index < -0.39 is 13.7 Å². The van der Waals surface area contributed by atoms with Gasteiger partial charge in [-0.3, -0.25) is 9.32 Å². The maximum Gasteiger partial charge on any atom is 0.458 e. The molecule has 0 radical (unpaired) electrons. The average molecular weight is 237 g/mol. The summed E-state index contributed by atoms with van der Waals surface area (Å²) in [5, 5.41) is 0. The molecular formula is C9H20NO4P. The fraction of sp³-hybridized carbons (Fsp3) is 0.889. The first kappa shape index (κ1) is 14.6. The summed E-state index contributed by atoms with van der Waals surface area (Å²) in [4.78, 5) is 10.8. The summed E-state index contributed by atoms with van der Waals surface area (Å²) in [5.41, 5.74) is 5.20. The van der Waals surface area contributed by atoms with E-state index in [-0.39, 0.29) is 13.0 Å². The topological polar surface area (TPSA) is 78.6 Å². The monoisotopic (exact) mass is 237 g/mol. The largest absolute Gasteiger partial charge is 0.458 e. The van der Waals surface area contributed by atoms with Gasteiger partial charge in [0.05, 0.1) is 6.61 Å². The van der Waals surface area contributed by atoms with E-state index in [9.17, 15) is 9.36 Å². The lowest BCUT2D eigenvalue weighted by molar-refractivity contribution is -0.134. The lowest BCUT2D eigenvalue weighted by atomic mass is 10.2. The number of rotatable bonds is 8. The SMILES string of the molecule is CCCCCCOP(N)(=O)OC(=O)CC. The number of carbonyl (C=O) groups is 1. The molecule has 0 rings (SSSR count). The normalized spacial score (nSPS) is 14.6. The van der Waals surface area contributed by atoms with Crippen LogP contribution in [0.1, 0.15) is 46.0 Å². The third-order valence-corrected chi connectivity index (χ3v) is 2.79. The van der Waals surface area contributed by atoms with Crippen LogP contribution >= 0.6 is 7.75 Å². The summed E-state index contributed by atoms with van der Waals surface area (Å²) >= 11 is 0.